The lowest BCUT2D eigenvalue weighted by Gasteiger charge is -2.14. The van der Waals surface area contributed by atoms with Crippen molar-refractivity contribution in [3.8, 4) is 35.8 Å². The molecule has 0 aliphatic heterocycles. The topological polar surface area (TPSA) is 241 Å². The first kappa shape index (κ1) is 33.3. The van der Waals surface area contributed by atoms with Crippen LogP contribution in [0.4, 0.5) is 0 Å². The average Bonchev–Trinajstić information content (AvgIpc) is 2.84. The Hall–Kier alpha value is -3.74. The predicted octanol–water partition coefficient (Wildman–Crippen LogP) is -0.184. The summed E-state index contributed by atoms with van der Waals surface area (Å²) in [7, 11) is -8.43. The number of rotatable bonds is 15. The summed E-state index contributed by atoms with van der Waals surface area (Å²) >= 11 is 0. The standard InChI is InChI=1S/C23H26N4O10S2/c1-16(15-38(28,29)30)35-7-8-37-23-10-20(18(11-24)12-25)22(9-21(23)19(13-26)14-27)36-6-5-34-4-3-17(2)39(31,32)33/h9-10,16-17H,3-8,15H2,1-2H3,(H,28,29,30)(H,31,32,33). The predicted molar refractivity (Wildman–Crippen MR) is 134 cm³/mol. The number of benzene rings is 1. The number of nitrogens with zero attached hydrogens (tertiary/aromatic N) is 4. The molecule has 0 fully saturated rings. The Labute approximate surface area is 226 Å². The molecule has 0 aliphatic rings. The van der Waals surface area contributed by atoms with Gasteiger partial charge < -0.3 is 18.9 Å². The first-order chi connectivity index (χ1) is 18.3. The molecule has 2 unspecified atom stereocenters. The van der Waals surface area contributed by atoms with Crippen LogP contribution >= 0.6 is 0 Å². The second kappa shape index (κ2) is 15.6. The summed E-state index contributed by atoms with van der Waals surface area (Å²) in [5, 5.41) is 36.5. The van der Waals surface area contributed by atoms with Gasteiger partial charge in [0.2, 0.25) is 0 Å². The zero-order valence-corrected chi connectivity index (χ0v) is 22.7. The Balaban J connectivity index is 3.19. The van der Waals surface area contributed by atoms with Crippen molar-refractivity contribution in [2.45, 2.75) is 31.6 Å². The molecule has 1 rings (SSSR count). The molecule has 39 heavy (non-hydrogen) atoms. The third-order valence-corrected chi connectivity index (χ3v) is 7.06. The van der Waals surface area contributed by atoms with Crippen molar-refractivity contribution in [3.05, 3.63) is 22.6 Å². The molecule has 0 saturated heterocycles. The van der Waals surface area contributed by atoms with Crippen LogP contribution in [0.2, 0.25) is 0 Å². The van der Waals surface area contributed by atoms with E-state index in [0.29, 0.717) is 0 Å². The molecule has 1 aromatic carbocycles. The van der Waals surface area contributed by atoms with Gasteiger partial charge in [0, 0.05) is 17.0 Å². The molecule has 0 aromatic heterocycles. The van der Waals surface area contributed by atoms with Crippen molar-refractivity contribution in [2.24, 2.45) is 0 Å². The van der Waals surface area contributed by atoms with E-state index in [1.807, 2.05) is 0 Å². The SMILES string of the molecule is CC(CS(=O)(=O)O)OCCOc1cc(=C(C#N)C#N)c(OCCOCCC(C)S(=O)(=O)O)cc1=C(C#N)C#N. The highest BCUT2D eigenvalue weighted by Gasteiger charge is 2.17. The summed E-state index contributed by atoms with van der Waals surface area (Å²) in [5.41, 5.74) is -0.731. The molecule has 0 radical (unpaired) electrons. The van der Waals surface area contributed by atoms with E-state index in [0.717, 1.165) is 0 Å². The van der Waals surface area contributed by atoms with Crippen LogP contribution in [-0.4, -0.2) is 76.1 Å². The minimum absolute atomic E-state index is 0.00497. The Morgan fingerprint density at radius 3 is 1.67 bits per heavy atom. The van der Waals surface area contributed by atoms with Crippen molar-refractivity contribution >= 4 is 31.4 Å². The lowest BCUT2D eigenvalue weighted by Crippen LogP contribution is -2.25. The molecule has 0 amide bonds. The summed E-state index contributed by atoms with van der Waals surface area (Å²) in [6, 6.07) is 9.35. The molecule has 210 valence electrons. The van der Waals surface area contributed by atoms with Crippen LogP contribution in [0.1, 0.15) is 20.3 Å². The van der Waals surface area contributed by atoms with Crippen LogP contribution < -0.4 is 19.9 Å². The van der Waals surface area contributed by atoms with Gasteiger partial charge in [-0.1, -0.05) is 0 Å². The first-order valence-corrected chi connectivity index (χ1v) is 14.3. The second-order valence-electron chi connectivity index (χ2n) is 7.90. The molecule has 0 heterocycles. The van der Waals surface area contributed by atoms with E-state index in [4.69, 9.17) is 28.1 Å². The Bertz CT molecular complexity index is 1500. The van der Waals surface area contributed by atoms with Crippen LogP contribution in [0, 0.1) is 45.3 Å². The Morgan fingerprint density at radius 2 is 1.26 bits per heavy atom. The number of ether oxygens (including phenoxy) is 4. The van der Waals surface area contributed by atoms with E-state index in [-0.39, 0.29) is 72.5 Å². The fourth-order valence-electron chi connectivity index (χ4n) is 2.94. The monoisotopic (exact) mass is 582 g/mol. The molecule has 1 aromatic rings. The maximum Gasteiger partial charge on any atom is 0.267 e. The van der Waals surface area contributed by atoms with Gasteiger partial charge in [0.25, 0.3) is 20.2 Å². The minimum atomic E-state index is -4.25. The van der Waals surface area contributed by atoms with Gasteiger partial charge >= 0.3 is 0 Å². The van der Waals surface area contributed by atoms with E-state index in [1.165, 1.54) is 26.0 Å². The van der Waals surface area contributed by atoms with Gasteiger partial charge in [0.1, 0.15) is 65.9 Å². The van der Waals surface area contributed by atoms with Crippen molar-refractivity contribution in [3.63, 3.8) is 0 Å². The highest BCUT2D eigenvalue weighted by atomic mass is 32.2. The quantitative estimate of drug-likeness (QED) is 0.201. The molecule has 2 atom stereocenters. The van der Waals surface area contributed by atoms with Gasteiger partial charge in [0.05, 0.1) is 24.6 Å². The smallest absolute Gasteiger partial charge is 0.267 e. The molecule has 0 aliphatic carbocycles. The van der Waals surface area contributed by atoms with E-state index >= 15 is 0 Å². The van der Waals surface area contributed by atoms with Gasteiger partial charge in [-0.15, -0.1) is 0 Å². The van der Waals surface area contributed by atoms with Crippen LogP contribution in [0.25, 0.3) is 11.1 Å². The lowest BCUT2D eigenvalue weighted by molar-refractivity contribution is 0.0559. The fraction of sp³-hybridized carbons (Fsp3) is 0.478. The molecule has 0 spiro atoms. The van der Waals surface area contributed by atoms with Crippen molar-refractivity contribution in [1.82, 2.24) is 0 Å². The van der Waals surface area contributed by atoms with Crippen molar-refractivity contribution < 1.29 is 44.9 Å². The van der Waals surface area contributed by atoms with Crippen LogP contribution in [0.5, 0.6) is 11.5 Å². The van der Waals surface area contributed by atoms with Gasteiger partial charge in [-0.25, -0.2) is 0 Å². The maximum absolute atomic E-state index is 11.0. The summed E-state index contributed by atoms with van der Waals surface area (Å²) in [6.45, 7) is 2.25. The maximum atomic E-state index is 11.0. The van der Waals surface area contributed by atoms with Crippen LogP contribution in [0.15, 0.2) is 12.1 Å². The summed E-state index contributed by atoms with van der Waals surface area (Å²) in [6.07, 6.45) is -0.826. The normalized spacial score (nSPS) is 12.6. The van der Waals surface area contributed by atoms with Crippen molar-refractivity contribution in [1.29, 1.82) is 21.0 Å². The van der Waals surface area contributed by atoms with Crippen molar-refractivity contribution in [2.75, 3.05) is 38.8 Å². The van der Waals surface area contributed by atoms with Gasteiger partial charge in [-0.05, 0) is 32.4 Å². The van der Waals surface area contributed by atoms with Gasteiger partial charge in [-0.3, -0.25) is 9.11 Å². The minimum Gasteiger partial charge on any atom is -0.490 e. The Morgan fingerprint density at radius 1 is 0.795 bits per heavy atom. The summed E-state index contributed by atoms with van der Waals surface area (Å²) in [4.78, 5) is 0. The van der Waals surface area contributed by atoms with Gasteiger partial charge in [0.15, 0.2) is 0 Å². The number of hydrogen-bond donors (Lipinski definition) is 2. The summed E-state index contributed by atoms with van der Waals surface area (Å²) in [5.74, 6) is -0.729. The zero-order valence-electron chi connectivity index (χ0n) is 21.0. The highest BCUT2D eigenvalue weighted by molar-refractivity contribution is 7.86. The number of nitriles is 4. The number of hydrogen-bond acceptors (Lipinski definition) is 12. The largest absolute Gasteiger partial charge is 0.490 e. The van der Waals surface area contributed by atoms with Gasteiger partial charge in [-0.2, -0.15) is 37.9 Å². The second-order valence-corrected chi connectivity index (χ2v) is 11.2. The molecule has 0 saturated carbocycles. The van der Waals surface area contributed by atoms with E-state index < -0.39 is 37.3 Å². The van der Waals surface area contributed by atoms with Crippen LogP contribution in [0.3, 0.4) is 0 Å². The van der Waals surface area contributed by atoms with Crippen LogP contribution in [-0.2, 0) is 29.7 Å². The first-order valence-electron chi connectivity index (χ1n) is 11.2. The van der Waals surface area contributed by atoms with E-state index in [2.05, 4.69) is 0 Å². The molecule has 0 bridgehead atoms. The molecular weight excluding hydrogens is 556 g/mol. The Kier molecular flexibility index (Phi) is 13.3. The molecule has 14 nitrogen and oxygen atoms in total. The lowest BCUT2D eigenvalue weighted by atomic mass is 10.1. The molecule has 2 N–H and O–H groups in total. The molecule has 16 heteroatoms. The summed E-state index contributed by atoms with van der Waals surface area (Å²) < 4.78 is 83.6. The molecular formula is C23H26N4O10S2. The fourth-order valence-corrected chi connectivity index (χ4v) is 4.02. The zero-order chi connectivity index (χ0) is 29.6. The third kappa shape index (κ3) is 11.7. The average molecular weight is 583 g/mol. The van der Waals surface area contributed by atoms with E-state index in [1.54, 1.807) is 24.3 Å². The third-order valence-electron chi connectivity index (χ3n) is 4.92. The van der Waals surface area contributed by atoms with E-state index in [9.17, 15) is 37.9 Å². The highest BCUT2D eigenvalue weighted by Crippen LogP contribution is 2.12.